The Morgan fingerprint density at radius 1 is 1.29 bits per heavy atom. The number of carboxylic acid groups (broad SMARTS) is 1. The van der Waals surface area contributed by atoms with Crippen molar-refractivity contribution in [1.82, 2.24) is 4.90 Å². The summed E-state index contributed by atoms with van der Waals surface area (Å²) in [5, 5.41) is 8.87. The Morgan fingerprint density at radius 2 is 1.90 bits per heavy atom. The van der Waals surface area contributed by atoms with Crippen LogP contribution < -0.4 is 4.90 Å². The Kier molecular flexibility index (Phi) is 7.08. The van der Waals surface area contributed by atoms with E-state index >= 15 is 0 Å². The third-order valence-electron chi connectivity index (χ3n) is 3.22. The van der Waals surface area contributed by atoms with E-state index in [1.807, 2.05) is 43.5 Å². The van der Waals surface area contributed by atoms with E-state index in [9.17, 15) is 9.59 Å². The van der Waals surface area contributed by atoms with Gasteiger partial charge in [-0.2, -0.15) is 11.8 Å². The van der Waals surface area contributed by atoms with E-state index in [1.54, 1.807) is 23.7 Å². The Balaban J connectivity index is 2.90. The largest absolute Gasteiger partial charge is 0.481 e. The van der Waals surface area contributed by atoms with E-state index in [0.717, 1.165) is 5.75 Å². The average molecular weight is 310 g/mol. The van der Waals surface area contributed by atoms with Crippen molar-refractivity contribution in [3.63, 3.8) is 0 Å². The van der Waals surface area contributed by atoms with Gasteiger partial charge in [-0.05, 0) is 25.3 Å². The molecule has 0 bridgehead atoms. The predicted molar refractivity (Wildman–Crippen MR) is 87.0 cm³/mol. The van der Waals surface area contributed by atoms with Crippen molar-refractivity contribution in [2.24, 2.45) is 0 Å². The number of para-hydroxylation sites is 1. The number of thioether (sulfide) groups is 1. The second-order valence-electron chi connectivity index (χ2n) is 4.83. The van der Waals surface area contributed by atoms with Crippen LogP contribution in [0.3, 0.4) is 0 Å². The summed E-state index contributed by atoms with van der Waals surface area (Å²) in [5.74, 6) is -0.0763. The molecular weight excluding hydrogens is 288 g/mol. The van der Waals surface area contributed by atoms with Gasteiger partial charge in [0.15, 0.2) is 0 Å². The van der Waals surface area contributed by atoms with Crippen molar-refractivity contribution in [2.75, 3.05) is 30.5 Å². The molecule has 0 fully saturated rings. The van der Waals surface area contributed by atoms with Gasteiger partial charge in [-0.25, -0.2) is 4.79 Å². The molecule has 1 aromatic carbocycles. The quantitative estimate of drug-likeness (QED) is 0.841. The second-order valence-corrected chi connectivity index (χ2v) is 5.74. The van der Waals surface area contributed by atoms with Crippen LogP contribution in [0, 0.1) is 0 Å². The highest BCUT2D eigenvalue weighted by Crippen LogP contribution is 2.17. The Bertz CT molecular complexity index is 467. The molecule has 0 aliphatic heterocycles. The van der Waals surface area contributed by atoms with Crippen LogP contribution in [0.4, 0.5) is 10.5 Å². The van der Waals surface area contributed by atoms with E-state index in [4.69, 9.17) is 5.11 Å². The van der Waals surface area contributed by atoms with Crippen LogP contribution in [0.15, 0.2) is 30.3 Å². The number of urea groups is 1. The lowest BCUT2D eigenvalue weighted by molar-refractivity contribution is -0.136. The van der Waals surface area contributed by atoms with Crippen molar-refractivity contribution in [3.8, 4) is 0 Å². The topological polar surface area (TPSA) is 60.9 Å². The van der Waals surface area contributed by atoms with Crippen molar-refractivity contribution >= 4 is 29.4 Å². The molecule has 1 rings (SSSR count). The lowest BCUT2D eigenvalue weighted by atomic mass is 10.2. The molecule has 5 nitrogen and oxygen atoms in total. The van der Waals surface area contributed by atoms with Gasteiger partial charge < -0.3 is 10.0 Å². The molecule has 1 atom stereocenters. The SMILES string of the molecule is CSCC(C)N(C)C(=O)N(CCC(=O)O)c1ccccc1. The summed E-state index contributed by atoms with van der Waals surface area (Å²) in [4.78, 5) is 26.6. The van der Waals surface area contributed by atoms with Gasteiger partial charge in [-0.1, -0.05) is 18.2 Å². The summed E-state index contributed by atoms with van der Waals surface area (Å²) >= 11 is 1.67. The number of carboxylic acids is 1. The van der Waals surface area contributed by atoms with E-state index in [1.165, 1.54) is 4.90 Å². The number of aliphatic carboxylic acids is 1. The van der Waals surface area contributed by atoms with Gasteiger partial charge in [0.25, 0.3) is 0 Å². The van der Waals surface area contributed by atoms with Gasteiger partial charge in [0.05, 0.1) is 6.42 Å². The number of carbonyl (C=O) groups excluding carboxylic acids is 1. The van der Waals surface area contributed by atoms with Crippen LogP contribution in [0.5, 0.6) is 0 Å². The second kappa shape index (κ2) is 8.56. The third-order valence-corrected chi connectivity index (χ3v) is 4.03. The lowest BCUT2D eigenvalue weighted by Crippen LogP contribution is -2.46. The fourth-order valence-electron chi connectivity index (χ4n) is 1.88. The van der Waals surface area contributed by atoms with Crippen LogP contribution in [0.2, 0.25) is 0 Å². The highest BCUT2D eigenvalue weighted by Gasteiger charge is 2.23. The highest BCUT2D eigenvalue weighted by molar-refractivity contribution is 7.98. The summed E-state index contributed by atoms with van der Waals surface area (Å²) in [5.41, 5.74) is 0.715. The molecule has 21 heavy (non-hydrogen) atoms. The molecule has 0 heterocycles. The first kappa shape index (κ1) is 17.4. The molecule has 0 radical (unpaired) electrons. The zero-order chi connectivity index (χ0) is 15.8. The molecule has 0 saturated heterocycles. The molecule has 116 valence electrons. The van der Waals surface area contributed by atoms with Gasteiger partial charge in [-0.3, -0.25) is 9.69 Å². The minimum absolute atomic E-state index is 0.0780. The fourth-order valence-corrected chi connectivity index (χ4v) is 2.59. The van der Waals surface area contributed by atoms with Gasteiger partial charge in [-0.15, -0.1) is 0 Å². The number of hydrogen-bond donors (Lipinski definition) is 1. The molecule has 0 spiro atoms. The highest BCUT2D eigenvalue weighted by atomic mass is 32.2. The summed E-state index contributed by atoms with van der Waals surface area (Å²) in [6.45, 7) is 2.14. The first-order valence-electron chi connectivity index (χ1n) is 6.77. The zero-order valence-electron chi connectivity index (χ0n) is 12.7. The number of nitrogens with zero attached hydrogens (tertiary/aromatic N) is 2. The smallest absolute Gasteiger partial charge is 0.324 e. The van der Waals surface area contributed by atoms with Crippen LogP contribution in [-0.4, -0.2) is 53.6 Å². The van der Waals surface area contributed by atoms with Gasteiger partial charge in [0.1, 0.15) is 0 Å². The first-order chi connectivity index (χ1) is 9.97. The summed E-state index contributed by atoms with van der Waals surface area (Å²) in [6, 6.07) is 9.07. The molecule has 1 N–H and O–H groups in total. The number of anilines is 1. The van der Waals surface area contributed by atoms with Crippen LogP contribution in [0.25, 0.3) is 0 Å². The number of carbonyl (C=O) groups is 2. The average Bonchev–Trinajstić information content (AvgIpc) is 2.47. The van der Waals surface area contributed by atoms with E-state index < -0.39 is 5.97 Å². The van der Waals surface area contributed by atoms with Crippen LogP contribution in [0.1, 0.15) is 13.3 Å². The first-order valence-corrected chi connectivity index (χ1v) is 8.16. The molecule has 0 saturated carbocycles. The number of benzene rings is 1. The molecule has 0 aliphatic carbocycles. The molecule has 6 heteroatoms. The number of amides is 2. The van der Waals surface area contributed by atoms with Crippen molar-refractivity contribution < 1.29 is 14.7 Å². The molecule has 0 aliphatic rings. The van der Waals surface area contributed by atoms with Crippen molar-refractivity contribution in [1.29, 1.82) is 0 Å². The zero-order valence-corrected chi connectivity index (χ0v) is 13.5. The van der Waals surface area contributed by atoms with E-state index in [2.05, 4.69) is 0 Å². The monoisotopic (exact) mass is 310 g/mol. The molecule has 1 unspecified atom stereocenters. The summed E-state index contributed by atoms with van der Waals surface area (Å²) in [6.07, 6.45) is 1.92. The van der Waals surface area contributed by atoms with E-state index in [-0.39, 0.29) is 25.0 Å². The maximum atomic E-state index is 12.6. The molecule has 2 amide bonds. The Hall–Kier alpha value is -1.69. The molecule has 1 aromatic rings. The summed E-state index contributed by atoms with van der Waals surface area (Å²) in [7, 11) is 1.75. The predicted octanol–water partition coefficient (Wildman–Crippen LogP) is 2.77. The molecule has 0 aromatic heterocycles. The standard InChI is InChI=1S/C15H22N2O3S/c1-12(11-21-3)16(2)15(20)17(10-9-14(18)19)13-7-5-4-6-8-13/h4-8,12H,9-11H2,1-3H3,(H,18,19). The van der Waals surface area contributed by atoms with Crippen LogP contribution >= 0.6 is 11.8 Å². The summed E-state index contributed by atoms with van der Waals surface area (Å²) < 4.78 is 0. The third kappa shape index (κ3) is 5.30. The normalized spacial score (nSPS) is 11.8. The van der Waals surface area contributed by atoms with Crippen molar-refractivity contribution in [2.45, 2.75) is 19.4 Å². The maximum absolute atomic E-state index is 12.6. The fraction of sp³-hybridized carbons (Fsp3) is 0.467. The Morgan fingerprint density at radius 3 is 2.43 bits per heavy atom. The van der Waals surface area contributed by atoms with Crippen molar-refractivity contribution in [3.05, 3.63) is 30.3 Å². The maximum Gasteiger partial charge on any atom is 0.324 e. The van der Waals surface area contributed by atoms with Crippen LogP contribution in [-0.2, 0) is 4.79 Å². The Labute approximate surface area is 129 Å². The van der Waals surface area contributed by atoms with Gasteiger partial charge in [0.2, 0.25) is 0 Å². The molecular formula is C15H22N2O3S. The lowest BCUT2D eigenvalue weighted by Gasteiger charge is -2.31. The van der Waals surface area contributed by atoms with E-state index in [0.29, 0.717) is 5.69 Å². The van der Waals surface area contributed by atoms with Gasteiger partial charge >= 0.3 is 12.0 Å². The number of hydrogen-bond acceptors (Lipinski definition) is 3. The minimum atomic E-state index is -0.913. The minimum Gasteiger partial charge on any atom is -0.481 e. The van der Waals surface area contributed by atoms with Gasteiger partial charge in [0, 0.05) is 31.1 Å². The number of rotatable bonds is 7.